The Balaban J connectivity index is 2.60. The number of anilines is 2. The quantitative estimate of drug-likeness (QED) is 0.704. The normalized spacial score (nSPS) is 10.8. The number of rotatable bonds is 8. The molecule has 20 heavy (non-hydrogen) atoms. The first kappa shape index (κ1) is 16.5. The molecule has 5 nitrogen and oxygen atoms in total. The van der Waals surface area contributed by atoms with E-state index in [1.54, 1.807) is 24.1 Å². The molecule has 0 unspecified atom stereocenters. The first-order valence-corrected chi connectivity index (χ1v) is 7.03. The minimum Gasteiger partial charge on any atom is -0.399 e. The molecular weight excluding hydrogens is 254 g/mol. The third kappa shape index (κ3) is 5.19. The molecule has 0 aliphatic carbocycles. The van der Waals surface area contributed by atoms with E-state index >= 15 is 0 Å². The van der Waals surface area contributed by atoms with Crippen molar-refractivity contribution in [1.29, 1.82) is 0 Å². The zero-order valence-corrected chi connectivity index (χ0v) is 12.4. The summed E-state index contributed by atoms with van der Waals surface area (Å²) >= 11 is 0. The maximum absolute atomic E-state index is 12.2. The summed E-state index contributed by atoms with van der Waals surface area (Å²) in [5.74, 6) is 0.0133. The number of nitrogen functional groups attached to an aromatic ring is 1. The number of nitrogens with zero attached hydrogens (tertiary/aromatic N) is 2. The summed E-state index contributed by atoms with van der Waals surface area (Å²) < 4.78 is 0. The largest absolute Gasteiger partial charge is 0.399 e. The molecule has 0 aromatic heterocycles. The number of likely N-dealkylation sites (N-methyl/N-ethyl adjacent to an activating group) is 1. The maximum Gasteiger partial charge on any atom is 0.240 e. The van der Waals surface area contributed by atoms with E-state index in [1.165, 1.54) is 0 Å². The van der Waals surface area contributed by atoms with Crippen LogP contribution >= 0.6 is 0 Å². The van der Waals surface area contributed by atoms with Crippen LogP contribution in [0.1, 0.15) is 19.8 Å². The molecule has 0 fully saturated rings. The highest BCUT2D eigenvalue weighted by atomic mass is 16.3. The fraction of sp³-hybridized carbons (Fsp3) is 0.533. The molecule has 1 rings (SSSR count). The van der Waals surface area contributed by atoms with Gasteiger partial charge < -0.3 is 15.7 Å². The molecular formula is C15H25N3O2. The van der Waals surface area contributed by atoms with E-state index < -0.39 is 0 Å². The van der Waals surface area contributed by atoms with Gasteiger partial charge in [-0.15, -0.1) is 0 Å². The number of benzene rings is 1. The lowest BCUT2D eigenvalue weighted by Crippen LogP contribution is -2.40. The molecule has 0 radical (unpaired) electrons. The summed E-state index contributed by atoms with van der Waals surface area (Å²) in [6.45, 7) is 3.86. The summed E-state index contributed by atoms with van der Waals surface area (Å²) in [7, 11) is 1.75. The number of unbranched alkanes of at least 4 members (excludes halogenated alkanes) is 1. The molecule has 3 N–H and O–H groups in total. The van der Waals surface area contributed by atoms with Crippen molar-refractivity contribution in [1.82, 2.24) is 4.90 Å². The van der Waals surface area contributed by atoms with Gasteiger partial charge in [0.1, 0.15) is 0 Å². The summed E-state index contributed by atoms with van der Waals surface area (Å²) in [5, 5.41) is 9.05. The summed E-state index contributed by atoms with van der Waals surface area (Å²) in [4.78, 5) is 15.9. The van der Waals surface area contributed by atoms with Gasteiger partial charge in [0.2, 0.25) is 5.91 Å². The van der Waals surface area contributed by atoms with Gasteiger partial charge in [0.15, 0.2) is 0 Å². The van der Waals surface area contributed by atoms with Crippen molar-refractivity contribution in [2.24, 2.45) is 0 Å². The minimum atomic E-state index is 0.0133. The van der Waals surface area contributed by atoms with E-state index in [1.807, 2.05) is 17.0 Å². The molecule has 0 atom stereocenters. The number of nitrogens with two attached hydrogens (primary N) is 1. The van der Waals surface area contributed by atoms with Crippen LogP contribution in [0.4, 0.5) is 11.4 Å². The van der Waals surface area contributed by atoms with Crippen LogP contribution in [0, 0.1) is 0 Å². The number of aliphatic hydroxyl groups is 1. The van der Waals surface area contributed by atoms with Gasteiger partial charge in [0.05, 0.1) is 13.2 Å². The van der Waals surface area contributed by atoms with E-state index in [2.05, 4.69) is 6.92 Å². The number of carbonyl (C=O) groups excluding carboxylic acids is 1. The van der Waals surface area contributed by atoms with Crippen molar-refractivity contribution in [2.75, 3.05) is 43.9 Å². The lowest BCUT2D eigenvalue weighted by atomic mass is 10.2. The molecule has 0 spiro atoms. The predicted molar refractivity (Wildman–Crippen MR) is 82.7 cm³/mol. The maximum atomic E-state index is 12.2. The van der Waals surface area contributed by atoms with E-state index in [-0.39, 0.29) is 12.5 Å². The molecule has 5 heteroatoms. The van der Waals surface area contributed by atoms with Crippen molar-refractivity contribution in [3.05, 3.63) is 24.3 Å². The van der Waals surface area contributed by atoms with Gasteiger partial charge in [-0.3, -0.25) is 9.69 Å². The second-order valence-electron chi connectivity index (χ2n) is 4.90. The van der Waals surface area contributed by atoms with Crippen LogP contribution in [0.15, 0.2) is 24.3 Å². The standard InChI is InChI=1S/C15H25N3O2/c1-3-4-9-18(10-11-19)12-15(20)17(2)14-7-5-13(16)6-8-14/h5-8,19H,3-4,9-12,16H2,1-2H3. The average Bonchev–Trinajstić information content (AvgIpc) is 2.45. The lowest BCUT2D eigenvalue weighted by molar-refractivity contribution is -0.119. The van der Waals surface area contributed by atoms with Gasteiger partial charge in [-0.2, -0.15) is 0 Å². The molecule has 0 bridgehead atoms. The summed E-state index contributed by atoms with van der Waals surface area (Å²) in [6.07, 6.45) is 2.10. The highest BCUT2D eigenvalue weighted by molar-refractivity contribution is 5.94. The van der Waals surface area contributed by atoms with Crippen LogP contribution in [-0.4, -0.2) is 49.2 Å². The van der Waals surface area contributed by atoms with Crippen LogP contribution in [0.3, 0.4) is 0 Å². The molecule has 0 heterocycles. The van der Waals surface area contributed by atoms with Crippen LogP contribution in [0.2, 0.25) is 0 Å². The fourth-order valence-corrected chi connectivity index (χ4v) is 1.93. The molecule has 112 valence electrons. The van der Waals surface area contributed by atoms with E-state index in [9.17, 15) is 4.79 Å². The number of amides is 1. The minimum absolute atomic E-state index is 0.0133. The Labute approximate surface area is 121 Å². The molecule has 1 amide bonds. The molecule has 1 aromatic rings. The lowest BCUT2D eigenvalue weighted by Gasteiger charge is -2.24. The molecule has 0 aliphatic heterocycles. The van der Waals surface area contributed by atoms with Crippen LogP contribution in [0.5, 0.6) is 0 Å². The summed E-state index contributed by atoms with van der Waals surface area (Å²) in [6, 6.07) is 7.22. The number of hydrogen-bond donors (Lipinski definition) is 2. The number of hydrogen-bond acceptors (Lipinski definition) is 4. The Morgan fingerprint density at radius 2 is 1.90 bits per heavy atom. The van der Waals surface area contributed by atoms with Crippen LogP contribution in [-0.2, 0) is 4.79 Å². The molecule has 0 aliphatic rings. The highest BCUT2D eigenvalue weighted by Gasteiger charge is 2.15. The van der Waals surface area contributed by atoms with E-state index in [4.69, 9.17) is 10.8 Å². The van der Waals surface area contributed by atoms with Gasteiger partial charge in [-0.05, 0) is 37.2 Å². The van der Waals surface area contributed by atoms with Gasteiger partial charge >= 0.3 is 0 Å². The van der Waals surface area contributed by atoms with Crippen LogP contribution < -0.4 is 10.6 Å². The fourth-order valence-electron chi connectivity index (χ4n) is 1.93. The molecule has 1 aromatic carbocycles. The smallest absolute Gasteiger partial charge is 0.240 e. The van der Waals surface area contributed by atoms with Crippen molar-refractivity contribution in [3.63, 3.8) is 0 Å². The molecule has 0 saturated carbocycles. The zero-order valence-electron chi connectivity index (χ0n) is 12.4. The van der Waals surface area contributed by atoms with Gasteiger partial charge in [-0.1, -0.05) is 13.3 Å². The highest BCUT2D eigenvalue weighted by Crippen LogP contribution is 2.15. The Bertz CT molecular complexity index is 406. The van der Waals surface area contributed by atoms with Crippen molar-refractivity contribution < 1.29 is 9.90 Å². The van der Waals surface area contributed by atoms with Crippen LogP contribution in [0.25, 0.3) is 0 Å². The van der Waals surface area contributed by atoms with Gasteiger partial charge in [0, 0.05) is 25.0 Å². The number of aliphatic hydroxyl groups excluding tert-OH is 1. The third-order valence-corrected chi connectivity index (χ3v) is 3.26. The Morgan fingerprint density at radius 1 is 1.25 bits per heavy atom. The Morgan fingerprint density at radius 3 is 2.45 bits per heavy atom. The van der Waals surface area contributed by atoms with Gasteiger partial charge in [0.25, 0.3) is 0 Å². The Hall–Kier alpha value is -1.59. The van der Waals surface area contributed by atoms with Crippen molar-refractivity contribution in [2.45, 2.75) is 19.8 Å². The number of carbonyl (C=O) groups is 1. The SMILES string of the molecule is CCCCN(CCO)CC(=O)N(C)c1ccc(N)cc1. The summed E-state index contributed by atoms with van der Waals surface area (Å²) in [5.41, 5.74) is 7.14. The molecule has 0 saturated heterocycles. The third-order valence-electron chi connectivity index (χ3n) is 3.26. The first-order valence-electron chi connectivity index (χ1n) is 7.03. The predicted octanol–water partition coefficient (Wildman–Crippen LogP) is 1.33. The average molecular weight is 279 g/mol. The second-order valence-corrected chi connectivity index (χ2v) is 4.90. The van der Waals surface area contributed by atoms with Crippen molar-refractivity contribution in [3.8, 4) is 0 Å². The Kier molecular flexibility index (Phi) is 7.04. The second kappa shape index (κ2) is 8.55. The topological polar surface area (TPSA) is 69.8 Å². The monoisotopic (exact) mass is 279 g/mol. The van der Waals surface area contributed by atoms with Crippen molar-refractivity contribution >= 4 is 17.3 Å². The zero-order chi connectivity index (χ0) is 15.0. The van der Waals surface area contributed by atoms with E-state index in [0.717, 1.165) is 25.1 Å². The van der Waals surface area contributed by atoms with Gasteiger partial charge in [-0.25, -0.2) is 0 Å². The van der Waals surface area contributed by atoms with E-state index in [0.29, 0.717) is 18.8 Å². The first-order chi connectivity index (χ1) is 9.58.